The van der Waals surface area contributed by atoms with Gasteiger partial charge in [0.15, 0.2) is 0 Å². The molecule has 0 aromatic heterocycles. The number of carbonyl (C=O) groups excluding carboxylic acids is 3. The Morgan fingerprint density at radius 1 is 1.00 bits per heavy atom. The molecule has 5 nitrogen and oxygen atoms in total. The lowest BCUT2D eigenvalue weighted by Crippen LogP contribution is -2.31. The SMILES string of the molecule is Cc1ccc(C[C@H]2C(=O)N(c3ccc(C(=O)[O-])cc3)C(=O)[C@H]2C)cc1. The van der Waals surface area contributed by atoms with Crippen LogP contribution in [-0.4, -0.2) is 17.8 Å². The first-order valence-electron chi connectivity index (χ1n) is 8.13. The molecule has 5 heteroatoms. The molecule has 128 valence electrons. The summed E-state index contributed by atoms with van der Waals surface area (Å²) in [6, 6.07) is 13.5. The van der Waals surface area contributed by atoms with Crippen LogP contribution in [0.2, 0.25) is 0 Å². The Labute approximate surface area is 145 Å². The molecule has 0 N–H and O–H groups in total. The molecular formula is C20H18NO4-. The van der Waals surface area contributed by atoms with E-state index in [1.807, 2.05) is 31.2 Å². The van der Waals surface area contributed by atoms with E-state index in [2.05, 4.69) is 0 Å². The van der Waals surface area contributed by atoms with Crippen LogP contribution in [0.5, 0.6) is 0 Å². The fourth-order valence-corrected chi connectivity index (χ4v) is 3.11. The Kier molecular flexibility index (Phi) is 4.40. The average molecular weight is 336 g/mol. The van der Waals surface area contributed by atoms with Crippen LogP contribution in [0.25, 0.3) is 0 Å². The van der Waals surface area contributed by atoms with E-state index in [0.29, 0.717) is 12.1 Å². The van der Waals surface area contributed by atoms with Crippen LogP contribution in [0.3, 0.4) is 0 Å². The number of hydrogen-bond donors (Lipinski definition) is 0. The van der Waals surface area contributed by atoms with Gasteiger partial charge in [0.05, 0.1) is 17.6 Å². The highest BCUT2D eigenvalue weighted by molar-refractivity contribution is 6.22. The van der Waals surface area contributed by atoms with Crippen molar-refractivity contribution in [3.05, 3.63) is 65.2 Å². The molecule has 0 unspecified atom stereocenters. The van der Waals surface area contributed by atoms with Crippen molar-refractivity contribution in [3.8, 4) is 0 Å². The largest absolute Gasteiger partial charge is 0.545 e. The summed E-state index contributed by atoms with van der Waals surface area (Å²) >= 11 is 0. The summed E-state index contributed by atoms with van der Waals surface area (Å²) in [6.07, 6.45) is 0.500. The third kappa shape index (κ3) is 3.18. The number of carboxylic acid groups (broad SMARTS) is 1. The highest BCUT2D eigenvalue weighted by atomic mass is 16.4. The van der Waals surface area contributed by atoms with Crippen LogP contribution in [0.15, 0.2) is 48.5 Å². The lowest BCUT2D eigenvalue weighted by Gasteiger charge is -2.16. The summed E-state index contributed by atoms with van der Waals surface area (Å²) in [5.41, 5.74) is 2.54. The van der Waals surface area contributed by atoms with E-state index in [9.17, 15) is 19.5 Å². The van der Waals surface area contributed by atoms with E-state index in [1.54, 1.807) is 6.92 Å². The zero-order valence-electron chi connectivity index (χ0n) is 14.1. The van der Waals surface area contributed by atoms with Crippen molar-refractivity contribution < 1.29 is 19.5 Å². The lowest BCUT2D eigenvalue weighted by molar-refractivity contribution is -0.255. The van der Waals surface area contributed by atoms with E-state index in [1.165, 1.54) is 24.3 Å². The van der Waals surface area contributed by atoms with Crippen LogP contribution in [0.4, 0.5) is 5.69 Å². The van der Waals surface area contributed by atoms with E-state index < -0.39 is 17.8 Å². The minimum Gasteiger partial charge on any atom is -0.545 e. The quantitative estimate of drug-likeness (QED) is 0.797. The second-order valence-electron chi connectivity index (χ2n) is 6.43. The third-order valence-electron chi connectivity index (χ3n) is 4.69. The van der Waals surface area contributed by atoms with Crippen molar-refractivity contribution in [2.24, 2.45) is 11.8 Å². The van der Waals surface area contributed by atoms with E-state index in [4.69, 9.17) is 0 Å². The lowest BCUT2D eigenvalue weighted by atomic mass is 9.90. The highest BCUT2D eigenvalue weighted by Crippen LogP contribution is 2.33. The van der Waals surface area contributed by atoms with Gasteiger partial charge in [-0.25, -0.2) is 0 Å². The molecule has 0 bridgehead atoms. The Morgan fingerprint density at radius 3 is 2.16 bits per heavy atom. The maximum Gasteiger partial charge on any atom is 0.238 e. The first kappa shape index (κ1) is 16.9. The minimum atomic E-state index is -1.30. The molecule has 0 spiro atoms. The molecule has 0 radical (unpaired) electrons. The highest BCUT2D eigenvalue weighted by Gasteiger charge is 2.45. The third-order valence-corrected chi connectivity index (χ3v) is 4.69. The van der Waals surface area contributed by atoms with Gasteiger partial charge in [0.1, 0.15) is 0 Å². The second-order valence-corrected chi connectivity index (χ2v) is 6.43. The summed E-state index contributed by atoms with van der Waals surface area (Å²) in [6.45, 7) is 3.75. The zero-order valence-corrected chi connectivity index (χ0v) is 14.1. The Morgan fingerprint density at radius 2 is 1.60 bits per heavy atom. The van der Waals surface area contributed by atoms with Gasteiger partial charge >= 0.3 is 0 Å². The van der Waals surface area contributed by atoms with E-state index in [-0.39, 0.29) is 17.4 Å². The van der Waals surface area contributed by atoms with Crippen molar-refractivity contribution in [3.63, 3.8) is 0 Å². The summed E-state index contributed by atoms with van der Waals surface area (Å²) in [4.78, 5) is 37.3. The van der Waals surface area contributed by atoms with Crippen LogP contribution in [0.1, 0.15) is 28.4 Å². The molecule has 1 heterocycles. The van der Waals surface area contributed by atoms with Crippen LogP contribution >= 0.6 is 0 Å². The van der Waals surface area contributed by atoms with Gasteiger partial charge in [0.2, 0.25) is 11.8 Å². The monoisotopic (exact) mass is 336 g/mol. The summed E-state index contributed by atoms with van der Waals surface area (Å²) in [7, 11) is 0. The van der Waals surface area contributed by atoms with Crippen LogP contribution < -0.4 is 10.0 Å². The van der Waals surface area contributed by atoms with Gasteiger partial charge in [0, 0.05) is 5.92 Å². The second kappa shape index (κ2) is 6.51. The fourth-order valence-electron chi connectivity index (χ4n) is 3.11. The van der Waals surface area contributed by atoms with Gasteiger partial charge in [-0.1, -0.05) is 48.9 Å². The van der Waals surface area contributed by atoms with Crippen LogP contribution in [-0.2, 0) is 16.0 Å². The predicted octanol–water partition coefficient (Wildman–Crippen LogP) is 1.73. The molecule has 2 aromatic rings. The molecular weight excluding hydrogens is 318 g/mol. The number of benzene rings is 2. The number of imide groups is 1. The molecule has 3 rings (SSSR count). The molecule has 25 heavy (non-hydrogen) atoms. The Balaban J connectivity index is 1.84. The number of carbonyl (C=O) groups is 3. The fraction of sp³-hybridized carbons (Fsp3) is 0.250. The van der Waals surface area contributed by atoms with Gasteiger partial charge in [-0.3, -0.25) is 14.5 Å². The number of carboxylic acids is 1. The molecule has 1 aliphatic heterocycles. The number of aryl methyl sites for hydroxylation is 1. The Hall–Kier alpha value is -2.95. The van der Waals surface area contributed by atoms with Crippen molar-refractivity contribution in [2.45, 2.75) is 20.3 Å². The summed E-state index contributed by atoms with van der Waals surface area (Å²) < 4.78 is 0. The van der Waals surface area contributed by atoms with Crippen molar-refractivity contribution >= 4 is 23.5 Å². The molecule has 1 fully saturated rings. The van der Waals surface area contributed by atoms with Crippen molar-refractivity contribution in [2.75, 3.05) is 4.90 Å². The van der Waals surface area contributed by atoms with Gasteiger partial charge in [-0.15, -0.1) is 0 Å². The summed E-state index contributed by atoms with van der Waals surface area (Å²) in [5.74, 6) is -2.65. The molecule has 2 atom stereocenters. The number of aromatic carboxylic acids is 1. The van der Waals surface area contributed by atoms with Crippen molar-refractivity contribution in [1.29, 1.82) is 0 Å². The Bertz CT molecular complexity index is 824. The number of anilines is 1. The zero-order chi connectivity index (χ0) is 18.1. The number of amides is 2. The molecule has 2 aromatic carbocycles. The normalized spacial score (nSPS) is 20.2. The first-order chi connectivity index (χ1) is 11.9. The van der Waals surface area contributed by atoms with Gasteiger partial charge < -0.3 is 9.90 Å². The smallest absolute Gasteiger partial charge is 0.238 e. The molecule has 0 saturated carbocycles. The van der Waals surface area contributed by atoms with Gasteiger partial charge in [-0.05, 0) is 36.6 Å². The average Bonchev–Trinajstić information content (AvgIpc) is 2.80. The number of hydrogen-bond acceptors (Lipinski definition) is 4. The van der Waals surface area contributed by atoms with E-state index >= 15 is 0 Å². The van der Waals surface area contributed by atoms with Gasteiger partial charge in [0.25, 0.3) is 0 Å². The standard InChI is InChI=1S/C20H19NO4/c1-12-3-5-14(6-4-12)11-17-13(2)18(22)21(19(17)23)16-9-7-15(8-10-16)20(24)25/h3-10,13,17H,11H2,1-2H3,(H,24,25)/p-1/t13-,17+/m0/s1. The van der Waals surface area contributed by atoms with Crippen LogP contribution in [0, 0.1) is 18.8 Å². The maximum atomic E-state index is 12.8. The number of nitrogens with zero attached hydrogens (tertiary/aromatic N) is 1. The number of rotatable bonds is 4. The first-order valence-corrected chi connectivity index (χ1v) is 8.13. The molecule has 0 aliphatic carbocycles. The maximum absolute atomic E-state index is 12.8. The summed E-state index contributed by atoms with van der Waals surface area (Å²) in [5, 5.41) is 10.8. The van der Waals surface area contributed by atoms with Gasteiger partial charge in [-0.2, -0.15) is 0 Å². The predicted molar refractivity (Wildman–Crippen MR) is 90.8 cm³/mol. The van der Waals surface area contributed by atoms with E-state index in [0.717, 1.165) is 16.0 Å². The van der Waals surface area contributed by atoms with Crippen molar-refractivity contribution in [1.82, 2.24) is 0 Å². The minimum absolute atomic E-state index is 0.00657. The molecule has 1 aliphatic rings. The molecule has 2 amide bonds. The molecule has 1 saturated heterocycles. The topological polar surface area (TPSA) is 77.5 Å².